The van der Waals surface area contributed by atoms with Crippen LogP contribution in [0.2, 0.25) is 0 Å². The molecule has 1 aromatic carbocycles. The van der Waals surface area contributed by atoms with Crippen molar-refractivity contribution in [2.75, 3.05) is 33.8 Å². The van der Waals surface area contributed by atoms with Gasteiger partial charge in [-0.3, -0.25) is 14.5 Å². The van der Waals surface area contributed by atoms with Crippen LogP contribution in [0.4, 0.5) is 0 Å². The zero-order chi connectivity index (χ0) is 20.4. The lowest BCUT2D eigenvalue weighted by Crippen LogP contribution is -2.42. The number of halogens is 1. The Hall–Kier alpha value is -2.30. The Morgan fingerprint density at radius 3 is 2.34 bits per heavy atom. The topological polar surface area (TPSA) is 92.6 Å². The lowest BCUT2D eigenvalue weighted by molar-refractivity contribution is 0.0954. The summed E-state index contributed by atoms with van der Waals surface area (Å²) in [6.45, 7) is 6.79. The molecule has 0 saturated heterocycles. The first-order valence-electron chi connectivity index (χ1n) is 9.41. The molecule has 0 saturated carbocycles. The van der Waals surface area contributed by atoms with Gasteiger partial charge in [-0.15, -0.1) is 24.0 Å². The summed E-state index contributed by atoms with van der Waals surface area (Å²) in [5, 5.41) is 13.8. The van der Waals surface area contributed by atoms with Crippen LogP contribution < -0.4 is 20.7 Å². The van der Waals surface area contributed by atoms with Crippen LogP contribution >= 0.6 is 24.0 Å². The van der Waals surface area contributed by atoms with Crippen molar-refractivity contribution in [3.63, 3.8) is 0 Å². The third-order valence-corrected chi connectivity index (χ3v) is 4.22. The van der Waals surface area contributed by atoms with Crippen LogP contribution in [0.3, 0.4) is 0 Å². The molecule has 1 aromatic heterocycles. The fraction of sp³-hybridized carbons (Fsp3) is 0.450. The van der Waals surface area contributed by atoms with Gasteiger partial charge in [-0.05, 0) is 50.6 Å². The molecule has 2 rings (SSSR count). The van der Waals surface area contributed by atoms with Gasteiger partial charge in [0.1, 0.15) is 5.75 Å². The minimum Gasteiger partial charge on any atom is -0.497 e. The molecular formula is C20H31IN6O2. The molecule has 0 atom stereocenters. The Morgan fingerprint density at radius 1 is 1.10 bits per heavy atom. The molecule has 29 heavy (non-hydrogen) atoms. The minimum absolute atomic E-state index is 0. The van der Waals surface area contributed by atoms with Gasteiger partial charge in [-0.1, -0.05) is 0 Å². The van der Waals surface area contributed by atoms with Crippen molar-refractivity contribution >= 4 is 35.8 Å². The summed E-state index contributed by atoms with van der Waals surface area (Å²) in [6.07, 6.45) is 0.941. The number of amides is 1. The number of hydrogen-bond acceptors (Lipinski definition) is 4. The Balaban J connectivity index is 0.00000420. The van der Waals surface area contributed by atoms with E-state index in [-0.39, 0.29) is 29.9 Å². The Bertz CT molecular complexity index is 789. The second-order valence-electron chi connectivity index (χ2n) is 6.41. The first-order valence-corrected chi connectivity index (χ1v) is 9.41. The molecule has 0 fully saturated rings. The first kappa shape index (κ1) is 24.7. The normalized spacial score (nSPS) is 10.8. The highest BCUT2D eigenvalue weighted by atomic mass is 127. The van der Waals surface area contributed by atoms with Gasteiger partial charge in [0.2, 0.25) is 0 Å². The monoisotopic (exact) mass is 514 g/mol. The second-order valence-corrected chi connectivity index (χ2v) is 6.41. The van der Waals surface area contributed by atoms with Crippen molar-refractivity contribution in [1.82, 2.24) is 25.7 Å². The first-order chi connectivity index (χ1) is 13.5. The van der Waals surface area contributed by atoms with Crippen LogP contribution in [0.15, 0.2) is 35.3 Å². The number of aryl methyl sites for hydroxylation is 3. The van der Waals surface area contributed by atoms with E-state index >= 15 is 0 Å². The molecule has 0 aliphatic carbocycles. The van der Waals surface area contributed by atoms with E-state index in [1.54, 1.807) is 38.4 Å². The number of aromatic nitrogens is 2. The number of guanidine groups is 1. The highest BCUT2D eigenvalue weighted by Crippen LogP contribution is 2.10. The number of nitrogens with zero attached hydrogens (tertiary/aromatic N) is 3. The lowest BCUT2D eigenvalue weighted by Gasteiger charge is -2.12. The summed E-state index contributed by atoms with van der Waals surface area (Å²) >= 11 is 0. The highest BCUT2D eigenvalue weighted by Gasteiger charge is 2.05. The molecule has 0 unspecified atom stereocenters. The standard InChI is InChI=1S/C20H30N6O2.HI/c1-15-14-16(2)26(25-15)13-5-10-23-20(21-3)24-12-11-22-19(27)17-6-8-18(28-4)9-7-17;/h6-9,14H,5,10-13H2,1-4H3,(H,22,27)(H2,21,23,24);1H. The summed E-state index contributed by atoms with van der Waals surface area (Å²) in [4.78, 5) is 16.3. The van der Waals surface area contributed by atoms with Gasteiger partial charge in [-0.2, -0.15) is 5.10 Å². The third-order valence-electron chi connectivity index (χ3n) is 4.22. The summed E-state index contributed by atoms with van der Waals surface area (Å²) in [6, 6.07) is 9.10. The number of aliphatic imine (C=N–C) groups is 1. The van der Waals surface area contributed by atoms with E-state index in [9.17, 15) is 4.79 Å². The van der Waals surface area contributed by atoms with E-state index in [4.69, 9.17) is 4.74 Å². The van der Waals surface area contributed by atoms with Crippen molar-refractivity contribution in [2.24, 2.45) is 4.99 Å². The third kappa shape index (κ3) is 8.30. The maximum Gasteiger partial charge on any atom is 0.251 e. The molecule has 0 aliphatic heterocycles. The van der Waals surface area contributed by atoms with Gasteiger partial charge >= 0.3 is 0 Å². The molecule has 9 heteroatoms. The van der Waals surface area contributed by atoms with Crippen molar-refractivity contribution in [3.05, 3.63) is 47.3 Å². The largest absolute Gasteiger partial charge is 0.497 e. The molecule has 0 aliphatic rings. The summed E-state index contributed by atoms with van der Waals surface area (Å²) in [5.74, 6) is 1.33. The fourth-order valence-electron chi connectivity index (χ4n) is 2.76. The Labute approximate surface area is 189 Å². The number of hydrogen-bond donors (Lipinski definition) is 3. The summed E-state index contributed by atoms with van der Waals surface area (Å²) in [7, 11) is 3.33. The molecule has 3 N–H and O–H groups in total. The fourth-order valence-corrected chi connectivity index (χ4v) is 2.76. The molecule has 0 radical (unpaired) electrons. The summed E-state index contributed by atoms with van der Waals surface area (Å²) in [5.41, 5.74) is 2.82. The molecule has 1 heterocycles. The van der Waals surface area contributed by atoms with Crippen LogP contribution in [0.25, 0.3) is 0 Å². The smallest absolute Gasteiger partial charge is 0.251 e. The van der Waals surface area contributed by atoms with Gasteiger partial charge in [0.05, 0.1) is 12.8 Å². The predicted molar refractivity (Wildman–Crippen MR) is 126 cm³/mol. The van der Waals surface area contributed by atoms with Crippen molar-refractivity contribution in [3.8, 4) is 5.75 Å². The zero-order valence-electron chi connectivity index (χ0n) is 17.5. The SMILES string of the molecule is CN=C(NCCCn1nc(C)cc1C)NCCNC(=O)c1ccc(OC)cc1.I. The lowest BCUT2D eigenvalue weighted by atomic mass is 10.2. The van der Waals surface area contributed by atoms with Gasteiger partial charge in [0.15, 0.2) is 5.96 Å². The van der Waals surface area contributed by atoms with Crippen LogP contribution in [-0.4, -0.2) is 55.4 Å². The number of carbonyl (C=O) groups is 1. The number of rotatable bonds is 9. The van der Waals surface area contributed by atoms with Crippen molar-refractivity contribution in [1.29, 1.82) is 0 Å². The van der Waals surface area contributed by atoms with Gasteiger partial charge < -0.3 is 20.7 Å². The number of carbonyl (C=O) groups excluding carboxylic acids is 1. The van der Waals surface area contributed by atoms with Gasteiger partial charge in [0, 0.05) is 44.5 Å². The van der Waals surface area contributed by atoms with E-state index in [2.05, 4.69) is 39.0 Å². The van der Waals surface area contributed by atoms with E-state index in [0.717, 1.165) is 31.0 Å². The second kappa shape index (κ2) is 13.0. The molecule has 2 aromatic rings. The molecule has 160 valence electrons. The predicted octanol–water partition coefficient (Wildman–Crippen LogP) is 2.11. The van der Waals surface area contributed by atoms with Crippen LogP contribution in [0, 0.1) is 13.8 Å². The molecule has 0 bridgehead atoms. The average molecular weight is 514 g/mol. The van der Waals surface area contributed by atoms with Crippen molar-refractivity contribution in [2.45, 2.75) is 26.8 Å². The van der Waals surface area contributed by atoms with Gasteiger partial charge in [-0.25, -0.2) is 0 Å². The number of nitrogens with one attached hydrogen (secondary N) is 3. The van der Waals surface area contributed by atoms with Crippen LogP contribution in [0.5, 0.6) is 5.75 Å². The van der Waals surface area contributed by atoms with E-state index in [1.807, 2.05) is 11.6 Å². The number of ether oxygens (including phenoxy) is 1. The Morgan fingerprint density at radius 2 is 1.76 bits per heavy atom. The maximum atomic E-state index is 12.1. The van der Waals surface area contributed by atoms with E-state index in [0.29, 0.717) is 24.6 Å². The quantitative estimate of drug-likeness (QED) is 0.206. The zero-order valence-corrected chi connectivity index (χ0v) is 19.8. The minimum atomic E-state index is -0.114. The molecule has 0 spiro atoms. The Kier molecular flexibility index (Phi) is 11.1. The highest BCUT2D eigenvalue weighted by molar-refractivity contribution is 14.0. The maximum absolute atomic E-state index is 12.1. The number of methoxy groups -OCH3 is 1. The summed E-state index contributed by atoms with van der Waals surface area (Å²) < 4.78 is 7.11. The van der Waals surface area contributed by atoms with Crippen LogP contribution in [-0.2, 0) is 6.54 Å². The average Bonchev–Trinajstić information content (AvgIpc) is 3.03. The molecule has 1 amide bonds. The van der Waals surface area contributed by atoms with Crippen molar-refractivity contribution < 1.29 is 9.53 Å². The van der Waals surface area contributed by atoms with Gasteiger partial charge in [0.25, 0.3) is 5.91 Å². The molecule has 8 nitrogen and oxygen atoms in total. The number of benzene rings is 1. The van der Waals surface area contributed by atoms with E-state index in [1.165, 1.54) is 5.69 Å². The van der Waals surface area contributed by atoms with E-state index < -0.39 is 0 Å². The molecular weight excluding hydrogens is 483 g/mol. The van der Waals surface area contributed by atoms with Crippen LogP contribution in [0.1, 0.15) is 28.2 Å².